The topological polar surface area (TPSA) is 223 Å². The lowest BCUT2D eigenvalue weighted by Gasteiger charge is -2.23. The average Bonchev–Trinajstić information content (AvgIpc) is 1.45. The summed E-state index contributed by atoms with van der Waals surface area (Å²) in [5.41, 5.74) is -10.2. The SMILES string of the molecule is Brc1cnc[nH]1.C.C.C.C.[C-]#[N+]c1ccc(CC(=O)[C@@](C)(O)Br)cc1C(F)(F)F.[C-]#[N+]c1ccc(CC(=O)[C@@](C)(O)Cn2cnc(Br)c2)cc1C(F)(F)F.[C-]#[N+]c1ccc(CC(=O)[C@@](C)(O)Cn2cncc2Br)cc1C(F)(F)F.[C-]#[N+]c1ccc(CC(=O)[C@]2(C)CO2)cc1C(F)(F)F. The lowest BCUT2D eigenvalue weighted by molar-refractivity contribution is -0.138. The van der Waals surface area contributed by atoms with Gasteiger partial charge in [-0.05, 0) is 114 Å². The van der Waals surface area contributed by atoms with Gasteiger partial charge in [-0.15, -0.1) is 0 Å². The van der Waals surface area contributed by atoms with E-state index in [-0.39, 0.29) is 96.5 Å². The fourth-order valence-corrected chi connectivity index (χ4v) is 8.80. The van der Waals surface area contributed by atoms with Crippen molar-refractivity contribution >= 4 is 110 Å². The van der Waals surface area contributed by atoms with Crippen molar-refractivity contribution in [1.29, 1.82) is 0 Å². The van der Waals surface area contributed by atoms with Gasteiger partial charge in [-0.3, -0.25) is 19.2 Å². The van der Waals surface area contributed by atoms with E-state index in [9.17, 15) is 87.2 Å². The normalized spacial score (nSPS) is 14.7. The second-order valence-electron chi connectivity index (χ2n) is 20.9. The fraction of sp³-hybridized carbons (Fsp3) is 0.359. The largest absolute Gasteiger partial charge is 0.407 e. The molecule has 18 nitrogen and oxygen atoms in total. The maximum atomic E-state index is 13.0. The zero-order valence-electron chi connectivity index (χ0n) is 48.8. The van der Waals surface area contributed by atoms with Crippen molar-refractivity contribution < 1.29 is 91.9 Å². The van der Waals surface area contributed by atoms with Crippen LogP contribution in [0.1, 0.15) is 102 Å². The van der Waals surface area contributed by atoms with Crippen molar-refractivity contribution in [3.05, 3.63) is 214 Å². The summed E-state index contributed by atoms with van der Waals surface area (Å²) >= 11 is 12.2. The van der Waals surface area contributed by atoms with Crippen LogP contribution in [0.4, 0.5) is 75.4 Å². The van der Waals surface area contributed by atoms with Gasteiger partial charge >= 0.3 is 24.7 Å². The maximum Gasteiger partial charge on any atom is 0.407 e. The highest BCUT2D eigenvalue weighted by molar-refractivity contribution is 9.11. The smallest absolute Gasteiger partial charge is 0.380 e. The highest BCUT2D eigenvalue weighted by atomic mass is 79.9. The number of hydrogen-bond donors (Lipinski definition) is 4. The first-order valence-corrected chi connectivity index (χ1v) is 29.4. The molecule has 4 atom stereocenters. The number of nitrogens with zero attached hydrogens (tertiary/aromatic N) is 9. The van der Waals surface area contributed by atoms with E-state index < -0.39 is 108 Å². The first kappa shape index (κ1) is 90.1. The minimum Gasteiger partial charge on any atom is -0.380 e. The Morgan fingerprint density at radius 3 is 1.16 bits per heavy atom. The second kappa shape index (κ2) is 36.8. The number of ether oxygens (including phenoxy) is 1. The third kappa shape index (κ3) is 27.1. The predicted molar refractivity (Wildman–Crippen MR) is 354 cm³/mol. The van der Waals surface area contributed by atoms with Crippen LogP contribution in [0.2, 0.25) is 0 Å². The Kier molecular flexibility index (Phi) is 33.8. The molecule has 4 heterocycles. The second-order valence-corrected chi connectivity index (χ2v) is 24.9. The van der Waals surface area contributed by atoms with Gasteiger partial charge in [0, 0.05) is 31.9 Å². The van der Waals surface area contributed by atoms with E-state index in [1.165, 1.54) is 73.0 Å². The Morgan fingerprint density at radius 2 is 0.908 bits per heavy atom. The molecule has 8 rings (SSSR count). The summed E-state index contributed by atoms with van der Waals surface area (Å²) in [7, 11) is 0. The van der Waals surface area contributed by atoms with Crippen molar-refractivity contribution in [2.24, 2.45) is 0 Å². The molecule has 0 spiro atoms. The Morgan fingerprint density at radius 1 is 0.561 bits per heavy atom. The quantitative estimate of drug-likeness (QED) is 0.0308. The number of carbonyl (C=O) groups excluding carboxylic acids is 4. The summed E-state index contributed by atoms with van der Waals surface area (Å²) in [6.07, 6.45) is -10.7. The third-order valence-electron chi connectivity index (χ3n) is 13.0. The van der Waals surface area contributed by atoms with Crippen LogP contribution in [0.15, 0.2) is 124 Å². The highest BCUT2D eigenvalue weighted by Crippen LogP contribution is 2.41. The molecular weight excluding hydrogens is 1580 g/mol. The molecular formula is C64H64Br4F12N10O8. The van der Waals surface area contributed by atoms with E-state index in [1.54, 1.807) is 25.6 Å². The van der Waals surface area contributed by atoms with Crippen LogP contribution in [-0.2, 0) is 87.4 Å². The zero-order chi connectivity index (χ0) is 71.2. The summed E-state index contributed by atoms with van der Waals surface area (Å²) in [5, 5.41) is 30.1. The molecule has 0 aliphatic carbocycles. The van der Waals surface area contributed by atoms with Gasteiger partial charge in [-0.2, -0.15) is 52.7 Å². The summed E-state index contributed by atoms with van der Waals surface area (Å²) in [6.45, 7) is 32.5. The molecule has 530 valence electrons. The van der Waals surface area contributed by atoms with Gasteiger partial charge in [0.25, 0.3) is 0 Å². The number of nitrogens with one attached hydrogen (secondary N) is 1. The van der Waals surface area contributed by atoms with Crippen LogP contribution in [0.3, 0.4) is 0 Å². The number of ketones is 4. The average molecular weight is 1650 g/mol. The molecule has 3 aromatic heterocycles. The van der Waals surface area contributed by atoms with Crippen LogP contribution in [0, 0.1) is 26.3 Å². The molecule has 1 aliphatic rings. The van der Waals surface area contributed by atoms with Crippen molar-refractivity contribution in [3.63, 3.8) is 0 Å². The number of H-pyrrole nitrogens is 1. The number of aromatic amines is 1. The Bertz CT molecular complexity index is 3950. The Labute approximate surface area is 590 Å². The van der Waals surface area contributed by atoms with Gasteiger partial charge in [0.15, 0.2) is 50.4 Å². The number of Topliss-reactive ketones (excluding diaryl/α,β-unsaturated/α-hetero) is 4. The van der Waals surface area contributed by atoms with E-state index in [0.717, 1.165) is 53.1 Å². The third-order valence-corrected chi connectivity index (χ3v) is 14.9. The zero-order valence-corrected chi connectivity index (χ0v) is 55.1. The van der Waals surface area contributed by atoms with E-state index in [0.29, 0.717) is 15.8 Å². The summed E-state index contributed by atoms with van der Waals surface area (Å²) in [5.74, 6) is -2.20. The van der Waals surface area contributed by atoms with Gasteiger partial charge < -0.3 is 34.2 Å². The number of epoxide rings is 1. The van der Waals surface area contributed by atoms with E-state index in [1.807, 2.05) is 0 Å². The van der Waals surface area contributed by atoms with E-state index in [2.05, 4.69) is 103 Å². The van der Waals surface area contributed by atoms with Gasteiger partial charge in [-0.1, -0.05) is 103 Å². The van der Waals surface area contributed by atoms with Gasteiger partial charge in [-0.25, -0.2) is 34.3 Å². The van der Waals surface area contributed by atoms with Crippen molar-refractivity contribution in [2.75, 3.05) is 6.61 Å². The van der Waals surface area contributed by atoms with Crippen molar-refractivity contribution in [2.45, 2.75) is 142 Å². The first-order chi connectivity index (χ1) is 43.3. The summed E-state index contributed by atoms with van der Waals surface area (Å²) in [4.78, 5) is 73.5. The predicted octanol–water partition coefficient (Wildman–Crippen LogP) is 17.9. The van der Waals surface area contributed by atoms with Crippen LogP contribution in [0.5, 0.6) is 0 Å². The summed E-state index contributed by atoms with van der Waals surface area (Å²) < 4.78 is 162. The molecule has 7 aromatic rings. The minimum absolute atomic E-state index is 0. The monoisotopic (exact) mass is 1640 g/mol. The number of rotatable bonds is 16. The molecule has 0 saturated carbocycles. The molecule has 34 heteroatoms. The number of imidazole rings is 3. The maximum absolute atomic E-state index is 13.0. The van der Waals surface area contributed by atoms with Crippen LogP contribution in [-0.4, -0.2) is 95.4 Å². The van der Waals surface area contributed by atoms with Gasteiger partial charge in [0.2, 0.25) is 0 Å². The fourth-order valence-electron chi connectivity index (χ4n) is 7.75. The number of benzene rings is 4. The van der Waals surface area contributed by atoms with Gasteiger partial charge in [0.1, 0.15) is 30.6 Å². The molecule has 0 unspecified atom stereocenters. The highest BCUT2D eigenvalue weighted by Gasteiger charge is 2.47. The number of aromatic nitrogens is 6. The number of alkyl halides is 13. The molecule has 98 heavy (non-hydrogen) atoms. The van der Waals surface area contributed by atoms with Gasteiger partial charge in [0.05, 0.1) is 99.6 Å². The van der Waals surface area contributed by atoms with Crippen LogP contribution < -0.4 is 0 Å². The number of aliphatic hydroxyl groups is 3. The summed E-state index contributed by atoms with van der Waals surface area (Å²) in [6, 6.07) is 12.5. The molecule has 4 aromatic carbocycles. The molecule has 0 amide bonds. The number of hydrogen-bond acceptors (Lipinski definition) is 11. The van der Waals surface area contributed by atoms with E-state index >= 15 is 0 Å². The van der Waals surface area contributed by atoms with Crippen molar-refractivity contribution in [3.8, 4) is 0 Å². The molecule has 0 bridgehead atoms. The molecule has 1 saturated heterocycles. The molecule has 4 N–H and O–H groups in total. The van der Waals surface area contributed by atoms with E-state index in [4.69, 9.17) is 31.0 Å². The van der Waals surface area contributed by atoms with Crippen molar-refractivity contribution in [1.82, 2.24) is 29.1 Å². The molecule has 1 fully saturated rings. The Balaban J connectivity index is 0.00000123. The molecule has 0 radical (unpaired) electrons. The number of halogens is 16. The lowest BCUT2D eigenvalue weighted by atomic mass is 9.94. The minimum atomic E-state index is -4.69. The Hall–Kier alpha value is -7.93. The standard InChI is InChI=1S/2C16H13BrF3N3O2.C13H10F3NO2.C12H9BrF3NO2.C3H3BrN2.4CH4/c1-15(25,8-23-7-14(17)22-9-23)13(24)6-10-3-4-12(21-2)11(5-10)16(18,19)20;1-15(25,8-23-9-22-7-14(23)17)13(24)6-10-3-4-12(21-2)11(5-10)16(18,19)20;1-12(7-19-12)11(18)6-8-3-4-10(17-2)9(5-8)13(14,15)16;1-11(13,19)10(18)6-7-3-4-9(17-2)8(5-7)12(14,15)16;4-3-1-5-2-6-3;;;;/h2*3-5,7,9,25H,6,8H2,1H3;3-5H,6-7H2,1H3;3-5,19H,6H2,1H3;1-2H,(H,5,6);4*1H4/t2*15-;12-;11-;;;;;/m0001...../s1. The molecule has 1 aliphatic heterocycles. The first-order valence-electron chi connectivity index (χ1n) is 26.2. The van der Waals surface area contributed by atoms with Crippen LogP contribution >= 0.6 is 63.7 Å². The lowest BCUT2D eigenvalue weighted by Crippen LogP contribution is -2.40. The van der Waals surface area contributed by atoms with Crippen LogP contribution in [0.25, 0.3) is 19.4 Å². The number of carbonyl (C=O) groups is 4.